The molecule has 5 nitrogen and oxygen atoms in total. The third-order valence-corrected chi connectivity index (χ3v) is 4.76. The van der Waals surface area contributed by atoms with Crippen LogP contribution in [0.5, 0.6) is 0 Å². The van der Waals surface area contributed by atoms with E-state index < -0.39 is 0 Å². The Labute approximate surface area is 157 Å². The molecular weight excluding hydrogens is 340 g/mol. The second-order valence-electron chi connectivity index (χ2n) is 6.61. The van der Waals surface area contributed by atoms with Gasteiger partial charge in [0.15, 0.2) is 0 Å². The number of fused-ring (bicyclic) bond motifs is 1. The molecule has 2 aromatic heterocycles. The van der Waals surface area contributed by atoms with Gasteiger partial charge < -0.3 is 14.3 Å². The van der Waals surface area contributed by atoms with Crippen molar-refractivity contribution in [2.24, 2.45) is 0 Å². The van der Waals surface area contributed by atoms with Gasteiger partial charge in [0.05, 0.1) is 6.04 Å². The monoisotopic (exact) mass is 360 g/mol. The largest absolute Gasteiger partial charge is 0.459 e. The fourth-order valence-corrected chi connectivity index (χ4v) is 3.37. The molecule has 2 aromatic carbocycles. The second-order valence-corrected chi connectivity index (χ2v) is 6.61. The number of para-hydroxylation sites is 1. The molecule has 1 atom stereocenters. The fourth-order valence-electron chi connectivity index (χ4n) is 3.37. The highest BCUT2D eigenvalue weighted by atomic mass is 16.5. The molecule has 0 aliphatic heterocycles. The Morgan fingerprint density at radius 3 is 2.48 bits per heavy atom. The number of furan rings is 1. The minimum atomic E-state index is -0.289. The molecule has 0 bridgehead atoms. The first-order chi connectivity index (χ1) is 13.1. The van der Waals surface area contributed by atoms with Gasteiger partial charge in [0, 0.05) is 16.5 Å². The Balaban J connectivity index is 1.64. The molecule has 0 aliphatic carbocycles. The summed E-state index contributed by atoms with van der Waals surface area (Å²) in [5, 5.41) is 8.15. The maximum Gasteiger partial charge on any atom is 0.257 e. The number of amides is 1. The number of carbonyl (C=O) groups is 1. The van der Waals surface area contributed by atoms with E-state index in [9.17, 15) is 4.79 Å². The van der Waals surface area contributed by atoms with Crippen LogP contribution in [-0.4, -0.2) is 11.1 Å². The van der Waals surface area contributed by atoms with E-state index >= 15 is 0 Å². The van der Waals surface area contributed by atoms with E-state index in [0.717, 1.165) is 27.9 Å². The van der Waals surface area contributed by atoms with E-state index in [1.807, 2.05) is 68.4 Å². The zero-order valence-electron chi connectivity index (χ0n) is 15.4. The Bertz CT molecular complexity index is 1110. The second kappa shape index (κ2) is 6.76. The summed E-state index contributed by atoms with van der Waals surface area (Å²) < 4.78 is 11.3. The van der Waals surface area contributed by atoms with E-state index in [1.165, 1.54) is 0 Å². The molecular formula is C22H20N2O3. The Morgan fingerprint density at radius 1 is 1.04 bits per heavy atom. The van der Waals surface area contributed by atoms with Crippen molar-refractivity contribution in [2.45, 2.75) is 26.8 Å². The van der Waals surface area contributed by atoms with Crippen molar-refractivity contribution in [3.63, 3.8) is 0 Å². The maximum absolute atomic E-state index is 13.0. The summed E-state index contributed by atoms with van der Waals surface area (Å²) in [5.74, 6) is 1.000. The van der Waals surface area contributed by atoms with Crippen LogP contribution >= 0.6 is 0 Å². The van der Waals surface area contributed by atoms with E-state index in [2.05, 4.69) is 10.5 Å². The van der Waals surface area contributed by atoms with Crippen LogP contribution in [0, 0.1) is 13.8 Å². The number of benzene rings is 2. The van der Waals surface area contributed by atoms with Gasteiger partial charge in [-0.1, -0.05) is 53.7 Å². The standard InChI is InChI=1S/C22H20N2O3/c1-13-17-11-7-8-12-18(17)26-21(13)14(2)23-22(25)19-15(3)27-24-20(19)16-9-5-4-6-10-16/h4-12,14H,1-3H3,(H,23,25). The van der Waals surface area contributed by atoms with Crippen molar-refractivity contribution in [3.05, 3.63) is 77.2 Å². The van der Waals surface area contributed by atoms with Gasteiger partial charge in [-0.2, -0.15) is 0 Å². The summed E-state index contributed by atoms with van der Waals surface area (Å²) >= 11 is 0. The molecule has 1 amide bonds. The normalized spacial score (nSPS) is 12.3. The number of hydrogen-bond donors (Lipinski definition) is 1. The molecule has 1 unspecified atom stereocenters. The SMILES string of the molecule is Cc1onc(-c2ccccc2)c1C(=O)NC(C)c1oc2ccccc2c1C. The zero-order valence-corrected chi connectivity index (χ0v) is 15.4. The van der Waals surface area contributed by atoms with Gasteiger partial charge >= 0.3 is 0 Å². The minimum absolute atomic E-state index is 0.236. The third kappa shape index (κ3) is 3.01. The third-order valence-electron chi connectivity index (χ3n) is 4.76. The molecule has 0 radical (unpaired) electrons. The van der Waals surface area contributed by atoms with E-state index in [-0.39, 0.29) is 11.9 Å². The molecule has 0 spiro atoms. The number of aryl methyl sites for hydroxylation is 2. The van der Waals surface area contributed by atoms with Crippen molar-refractivity contribution >= 4 is 16.9 Å². The van der Waals surface area contributed by atoms with E-state index in [4.69, 9.17) is 8.94 Å². The zero-order chi connectivity index (χ0) is 19.0. The van der Waals surface area contributed by atoms with Gasteiger partial charge in [-0.3, -0.25) is 4.79 Å². The topological polar surface area (TPSA) is 68.3 Å². The molecule has 0 fully saturated rings. The van der Waals surface area contributed by atoms with E-state index in [0.29, 0.717) is 17.0 Å². The molecule has 0 saturated heterocycles. The number of carbonyl (C=O) groups excluding carboxylic acids is 1. The first-order valence-electron chi connectivity index (χ1n) is 8.87. The molecule has 1 N–H and O–H groups in total. The van der Waals surface area contributed by atoms with Gasteiger partial charge in [-0.05, 0) is 26.8 Å². The van der Waals surface area contributed by atoms with Crippen LogP contribution in [0.15, 0.2) is 63.5 Å². The summed E-state index contributed by atoms with van der Waals surface area (Å²) in [7, 11) is 0. The van der Waals surface area contributed by atoms with Crippen LogP contribution in [-0.2, 0) is 0 Å². The average molecular weight is 360 g/mol. The number of aromatic nitrogens is 1. The molecule has 27 heavy (non-hydrogen) atoms. The lowest BCUT2D eigenvalue weighted by atomic mass is 10.0. The Kier molecular flexibility index (Phi) is 4.28. The van der Waals surface area contributed by atoms with Crippen LogP contribution in [0.25, 0.3) is 22.2 Å². The van der Waals surface area contributed by atoms with Crippen LogP contribution in [0.4, 0.5) is 0 Å². The number of nitrogens with one attached hydrogen (secondary N) is 1. The molecule has 0 saturated carbocycles. The van der Waals surface area contributed by atoms with Crippen LogP contribution in [0.1, 0.15) is 40.4 Å². The lowest BCUT2D eigenvalue weighted by Gasteiger charge is -2.13. The van der Waals surface area contributed by atoms with Crippen molar-refractivity contribution < 1.29 is 13.7 Å². The molecule has 4 rings (SSSR count). The first kappa shape index (κ1) is 17.1. The number of rotatable bonds is 4. The van der Waals surface area contributed by atoms with Gasteiger partial charge in [-0.25, -0.2) is 0 Å². The highest BCUT2D eigenvalue weighted by Crippen LogP contribution is 2.30. The average Bonchev–Trinajstić information content (AvgIpc) is 3.23. The van der Waals surface area contributed by atoms with Gasteiger partial charge in [-0.15, -0.1) is 0 Å². The summed E-state index contributed by atoms with van der Waals surface area (Å²) in [6, 6.07) is 17.1. The minimum Gasteiger partial charge on any atom is -0.459 e. The molecule has 4 aromatic rings. The predicted octanol–water partition coefficient (Wildman–Crippen LogP) is 5.20. The Morgan fingerprint density at radius 2 is 1.74 bits per heavy atom. The summed E-state index contributed by atoms with van der Waals surface area (Å²) in [6.45, 7) is 5.66. The highest BCUT2D eigenvalue weighted by molar-refractivity contribution is 6.01. The number of hydrogen-bond acceptors (Lipinski definition) is 4. The van der Waals surface area contributed by atoms with Gasteiger partial charge in [0.25, 0.3) is 5.91 Å². The Hall–Kier alpha value is -3.34. The van der Waals surface area contributed by atoms with Gasteiger partial charge in [0.1, 0.15) is 28.4 Å². The molecule has 136 valence electrons. The number of nitrogens with zero attached hydrogens (tertiary/aromatic N) is 1. The lowest BCUT2D eigenvalue weighted by Crippen LogP contribution is -2.27. The van der Waals surface area contributed by atoms with Crippen molar-refractivity contribution in [2.75, 3.05) is 0 Å². The van der Waals surface area contributed by atoms with Crippen molar-refractivity contribution in [1.82, 2.24) is 10.5 Å². The van der Waals surface area contributed by atoms with Gasteiger partial charge in [0.2, 0.25) is 0 Å². The summed E-state index contributed by atoms with van der Waals surface area (Å²) in [4.78, 5) is 13.0. The van der Waals surface area contributed by atoms with Crippen LogP contribution in [0.3, 0.4) is 0 Å². The summed E-state index contributed by atoms with van der Waals surface area (Å²) in [5.41, 5.74) is 3.67. The van der Waals surface area contributed by atoms with Crippen LogP contribution in [0.2, 0.25) is 0 Å². The smallest absolute Gasteiger partial charge is 0.257 e. The lowest BCUT2D eigenvalue weighted by molar-refractivity contribution is 0.0934. The van der Waals surface area contributed by atoms with Crippen LogP contribution < -0.4 is 5.32 Å². The maximum atomic E-state index is 13.0. The fraction of sp³-hybridized carbons (Fsp3) is 0.182. The highest BCUT2D eigenvalue weighted by Gasteiger charge is 2.25. The molecule has 2 heterocycles. The molecule has 5 heteroatoms. The quantitative estimate of drug-likeness (QED) is 0.543. The van der Waals surface area contributed by atoms with Crippen molar-refractivity contribution in [1.29, 1.82) is 0 Å². The van der Waals surface area contributed by atoms with E-state index in [1.54, 1.807) is 6.92 Å². The molecule has 0 aliphatic rings. The summed E-state index contributed by atoms with van der Waals surface area (Å²) in [6.07, 6.45) is 0. The van der Waals surface area contributed by atoms with Crippen molar-refractivity contribution in [3.8, 4) is 11.3 Å². The predicted molar refractivity (Wildman–Crippen MR) is 104 cm³/mol. The first-order valence-corrected chi connectivity index (χ1v) is 8.87.